The Hall–Kier alpha value is -1.51. The summed E-state index contributed by atoms with van der Waals surface area (Å²) in [7, 11) is -3.38. The normalized spacial score (nSPS) is 11.7. The second-order valence-electron chi connectivity index (χ2n) is 6.29. The zero-order chi connectivity index (χ0) is 16.1. The van der Waals surface area contributed by atoms with Crippen molar-refractivity contribution in [1.82, 2.24) is 0 Å². The molecule has 0 bridgehead atoms. The quantitative estimate of drug-likeness (QED) is 0.839. The summed E-state index contributed by atoms with van der Waals surface area (Å²) in [5.74, 6) is 5.73. The minimum atomic E-state index is -3.38. The summed E-state index contributed by atoms with van der Waals surface area (Å²) in [4.78, 5) is 0. The van der Waals surface area contributed by atoms with Gasteiger partial charge in [-0.25, -0.2) is 8.42 Å². The molecule has 0 unspecified atom stereocenters. The zero-order valence-electron chi connectivity index (χ0n) is 13.2. The molecule has 1 rings (SSSR count). The van der Waals surface area contributed by atoms with Crippen LogP contribution in [0.1, 0.15) is 38.3 Å². The van der Waals surface area contributed by atoms with Crippen molar-refractivity contribution in [3.63, 3.8) is 0 Å². The van der Waals surface area contributed by atoms with Crippen molar-refractivity contribution in [3.05, 3.63) is 29.3 Å². The highest BCUT2D eigenvalue weighted by Gasteiger charge is 2.18. The molecule has 0 aromatic heterocycles. The fourth-order valence-corrected chi connectivity index (χ4v) is 3.14. The molecule has 0 spiro atoms. The van der Waals surface area contributed by atoms with Crippen LogP contribution < -0.4 is 10.5 Å². The highest BCUT2D eigenvalue weighted by molar-refractivity contribution is 7.92. The van der Waals surface area contributed by atoms with Gasteiger partial charge in [-0.15, -0.1) is 0 Å². The standard InChI is InChI=1S/C16H24N2O2S/c1-13-7-8-14(6-5-10-17)15(12-13)18-21(19,20)11-9-16(2,3)4/h7-8,12,18H,9-11,17H2,1-4H3. The maximum absolute atomic E-state index is 12.2. The van der Waals surface area contributed by atoms with Crippen molar-refractivity contribution in [2.45, 2.75) is 34.1 Å². The molecule has 0 fully saturated rings. The van der Waals surface area contributed by atoms with E-state index in [4.69, 9.17) is 5.73 Å². The third-order valence-electron chi connectivity index (χ3n) is 2.89. The molecule has 0 amide bonds. The minimum Gasteiger partial charge on any atom is -0.320 e. The topological polar surface area (TPSA) is 72.2 Å². The predicted molar refractivity (Wildman–Crippen MR) is 88.6 cm³/mol. The molecule has 116 valence electrons. The first-order valence-corrected chi connectivity index (χ1v) is 8.58. The van der Waals surface area contributed by atoms with Crippen LogP contribution in [-0.4, -0.2) is 20.7 Å². The van der Waals surface area contributed by atoms with Crippen LogP contribution in [0.3, 0.4) is 0 Å². The van der Waals surface area contributed by atoms with E-state index in [0.717, 1.165) is 5.56 Å². The van der Waals surface area contributed by atoms with Gasteiger partial charge in [-0.2, -0.15) is 0 Å². The van der Waals surface area contributed by atoms with Gasteiger partial charge in [0.05, 0.1) is 18.0 Å². The number of rotatable bonds is 4. The molecule has 21 heavy (non-hydrogen) atoms. The molecular formula is C16H24N2O2S. The van der Waals surface area contributed by atoms with E-state index < -0.39 is 10.0 Å². The summed E-state index contributed by atoms with van der Waals surface area (Å²) in [6.45, 7) is 8.21. The third-order valence-corrected chi connectivity index (χ3v) is 4.16. The lowest BCUT2D eigenvalue weighted by molar-refractivity contribution is 0.397. The van der Waals surface area contributed by atoms with Gasteiger partial charge in [0, 0.05) is 5.56 Å². The van der Waals surface area contributed by atoms with Crippen molar-refractivity contribution >= 4 is 15.7 Å². The van der Waals surface area contributed by atoms with Gasteiger partial charge in [-0.3, -0.25) is 4.72 Å². The van der Waals surface area contributed by atoms with Crippen LogP contribution in [0.25, 0.3) is 0 Å². The molecule has 4 nitrogen and oxygen atoms in total. The molecular weight excluding hydrogens is 284 g/mol. The lowest BCUT2D eigenvalue weighted by Crippen LogP contribution is -2.21. The molecule has 0 aliphatic rings. The van der Waals surface area contributed by atoms with E-state index in [2.05, 4.69) is 16.6 Å². The van der Waals surface area contributed by atoms with Gasteiger partial charge in [0.25, 0.3) is 0 Å². The molecule has 0 aliphatic carbocycles. The summed E-state index contributed by atoms with van der Waals surface area (Å²) < 4.78 is 27.0. The molecule has 0 radical (unpaired) electrons. The Bertz CT molecular complexity index is 647. The summed E-state index contributed by atoms with van der Waals surface area (Å²) in [6, 6.07) is 5.49. The SMILES string of the molecule is Cc1ccc(C#CCN)c(NS(=O)(=O)CCC(C)(C)C)c1. The Balaban J connectivity index is 2.98. The number of aryl methyl sites for hydroxylation is 1. The molecule has 0 aliphatic heterocycles. The number of hydrogen-bond donors (Lipinski definition) is 2. The summed E-state index contributed by atoms with van der Waals surface area (Å²) in [6.07, 6.45) is 0.595. The molecule has 0 atom stereocenters. The number of hydrogen-bond acceptors (Lipinski definition) is 3. The van der Waals surface area contributed by atoms with E-state index in [0.29, 0.717) is 17.7 Å². The molecule has 0 saturated carbocycles. The van der Waals surface area contributed by atoms with E-state index >= 15 is 0 Å². The van der Waals surface area contributed by atoms with Crippen LogP contribution >= 0.6 is 0 Å². The Kier molecular flexibility index (Phi) is 5.82. The highest BCUT2D eigenvalue weighted by atomic mass is 32.2. The van der Waals surface area contributed by atoms with Crippen molar-refractivity contribution in [2.75, 3.05) is 17.0 Å². The van der Waals surface area contributed by atoms with Gasteiger partial charge >= 0.3 is 0 Å². The molecule has 1 aromatic carbocycles. The monoisotopic (exact) mass is 308 g/mol. The average molecular weight is 308 g/mol. The van der Waals surface area contributed by atoms with Crippen LogP contribution in [-0.2, 0) is 10.0 Å². The Labute approximate surface area is 128 Å². The summed E-state index contributed by atoms with van der Waals surface area (Å²) >= 11 is 0. The second kappa shape index (κ2) is 6.97. The predicted octanol–water partition coefficient (Wildman–Crippen LogP) is 2.48. The zero-order valence-corrected chi connectivity index (χ0v) is 14.0. The van der Waals surface area contributed by atoms with Crippen molar-refractivity contribution in [1.29, 1.82) is 0 Å². The first-order valence-electron chi connectivity index (χ1n) is 6.93. The lowest BCUT2D eigenvalue weighted by atomic mass is 9.94. The van der Waals surface area contributed by atoms with Gasteiger partial charge in [0.2, 0.25) is 10.0 Å². The molecule has 3 N–H and O–H groups in total. The molecule has 1 aromatic rings. The van der Waals surface area contributed by atoms with Crippen LogP contribution in [0.5, 0.6) is 0 Å². The fraction of sp³-hybridized carbons (Fsp3) is 0.500. The van der Waals surface area contributed by atoms with Crippen molar-refractivity contribution in [3.8, 4) is 11.8 Å². The van der Waals surface area contributed by atoms with Crippen LogP contribution in [0.2, 0.25) is 0 Å². The van der Waals surface area contributed by atoms with Gasteiger partial charge in [-0.1, -0.05) is 38.7 Å². The van der Waals surface area contributed by atoms with Crippen LogP contribution in [0, 0.1) is 24.2 Å². The smallest absolute Gasteiger partial charge is 0.232 e. The third kappa shape index (κ3) is 6.65. The van der Waals surface area contributed by atoms with E-state index in [1.807, 2.05) is 33.8 Å². The lowest BCUT2D eigenvalue weighted by Gasteiger charge is -2.18. The molecule has 0 saturated heterocycles. The number of nitrogens with two attached hydrogens (primary N) is 1. The first-order chi connectivity index (χ1) is 9.63. The number of benzene rings is 1. The van der Waals surface area contributed by atoms with Gasteiger partial charge < -0.3 is 5.73 Å². The van der Waals surface area contributed by atoms with Crippen LogP contribution in [0.15, 0.2) is 18.2 Å². The first kappa shape index (κ1) is 17.5. The second-order valence-corrected chi connectivity index (χ2v) is 8.13. The maximum atomic E-state index is 12.2. The maximum Gasteiger partial charge on any atom is 0.232 e. The number of sulfonamides is 1. The van der Waals surface area contributed by atoms with Gasteiger partial charge in [0.1, 0.15) is 0 Å². The summed E-state index contributed by atoms with van der Waals surface area (Å²) in [5, 5.41) is 0. The number of nitrogens with one attached hydrogen (secondary N) is 1. The highest BCUT2D eigenvalue weighted by Crippen LogP contribution is 2.22. The van der Waals surface area contributed by atoms with Crippen molar-refractivity contribution in [2.24, 2.45) is 11.1 Å². The Morgan fingerprint density at radius 2 is 1.95 bits per heavy atom. The van der Waals surface area contributed by atoms with E-state index in [1.54, 1.807) is 12.1 Å². The molecule has 0 heterocycles. The van der Waals surface area contributed by atoms with Crippen LogP contribution in [0.4, 0.5) is 5.69 Å². The van der Waals surface area contributed by atoms with E-state index in [-0.39, 0.29) is 17.7 Å². The Morgan fingerprint density at radius 1 is 1.29 bits per heavy atom. The Morgan fingerprint density at radius 3 is 2.52 bits per heavy atom. The summed E-state index contributed by atoms with van der Waals surface area (Å²) in [5.41, 5.74) is 7.48. The van der Waals surface area contributed by atoms with Gasteiger partial charge in [0.15, 0.2) is 0 Å². The largest absolute Gasteiger partial charge is 0.320 e. The average Bonchev–Trinajstić information content (AvgIpc) is 2.34. The molecule has 5 heteroatoms. The van der Waals surface area contributed by atoms with E-state index in [1.165, 1.54) is 0 Å². The fourth-order valence-electron chi connectivity index (χ4n) is 1.66. The van der Waals surface area contributed by atoms with Crippen molar-refractivity contribution < 1.29 is 8.42 Å². The number of anilines is 1. The van der Waals surface area contributed by atoms with Gasteiger partial charge in [-0.05, 0) is 36.5 Å². The van der Waals surface area contributed by atoms with E-state index in [9.17, 15) is 8.42 Å². The minimum absolute atomic E-state index is 0.0243.